The molecular weight excluding hydrogens is 308 g/mol. The third-order valence-corrected chi connectivity index (χ3v) is 3.37. The zero-order chi connectivity index (χ0) is 15.8. The Morgan fingerprint density at radius 2 is 2.09 bits per heavy atom. The number of hydrogen-bond acceptors (Lipinski definition) is 5. The van der Waals surface area contributed by atoms with E-state index in [0.29, 0.717) is 29.6 Å². The molecule has 0 spiro atoms. The van der Waals surface area contributed by atoms with Crippen molar-refractivity contribution in [3.63, 3.8) is 0 Å². The molecule has 0 atom stereocenters. The van der Waals surface area contributed by atoms with Crippen LogP contribution in [0.5, 0.6) is 5.75 Å². The number of tetrazole rings is 1. The lowest BCUT2D eigenvalue weighted by Crippen LogP contribution is -2.09. The highest BCUT2D eigenvalue weighted by atomic mass is 35.5. The molecule has 0 aliphatic heterocycles. The van der Waals surface area contributed by atoms with Gasteiger partial charge in [-0.3, -0.25) is 4.79 Å². The van der Waals surface area contributed by atoms with Gasteiger partial charge in [-0.1, -0.05) is 30.2 Å². The van der Waals surface area contributed by atoms with Gasteiger partial charge >= 0.3 is 5.97 Å². The van der Waals surface area contributed by atoms with Crippen LogP contribution in [0.25, 0.3) is 0 Å². The van der Waals surface area contributed by atoms with E-state index in [1.54, 1.807) is 16.8 Å². The van der Waals surface area contributed by atoms with E-state index in [1.165, 1.54) is 0 Å². The van der Waals surface area contributed by atoms with Crippen LogP contribution in [0.3, 0.4) is 0 Å². The number of carboxylic acid groups (broad SMARTS) is 1. The van der Waals surface area contributed by atoms with Gasteiger partial charge in [0.05, 0.1) is 5.02 Å². The molecule has 1 N–H and O–H groups in total. The lowest BCUT2D eigenvalue weighted by atomic mass is 10.2. The van der Waals surface area contributed by atoms with Gasteiger partial charge < -0.3 is 9.84 Å². The minimum atomic E-state index is -0.767. The van der Waals surface area contributed by atoms with E-state index in [2.05, 4.69) is 15.5 Å². The van der Waals surface area contributed by atoms with Crippen molar-refractivity contribution in [1.29, 1.82) is 0 Å². The van der Waals surface area contributed by atoms with Gasteiger partial charge in [0.15, 0.2) is 5.82 Å². The predicted octanol–water partition coefficient (Wildman–Crippen LogP) is 2.55. The van der Waals surface area contributed by atoms with Crippen LogP contribution < -0.4 is 4.74 Å². The molecule has 0 saturated heterocycles. The maximum atomic E-state index is 10.4. The summed E-state index contributed by atoms with van der Waals surface area (Å²) in [6.45, 7) is 0.861. The second-order valence-electron chi connectivity index (χ2n) is 4.74. The number of aromatic nitrogens is 4. The highest BCUT2D eigenvalue weighted by Crippen LogP contribution is 2.23. The summed E-state index contributed by atoms with van der Waals surface area (Å²) in [5.74, 6) is 0.426. The molecule has 0 radical (unpaired) electrons. The average molecular weight is 325 g/mol. The van der Waals surface area contributed by atoms with Crippen LogP contribution in [0.1, 0.15) is 31.5 Å². The van der Waals surface area contributed by atoms with Gasteiger partial charge in [-0.2, -0.15) is 0 Å². The van der Waals surface area contributed by atoms with Gasteiger partial charge in [0.25, 0.3) is 0 Å². The maximum absolute atomic E-state index is 10.4. The first-order chi connectivity index (χ1) is 10.7. The van der Waals surface area contributed by atoms with E-state index in [-0.39, 0.29) is 13.0 Å². The molecule has 0 aliphatic rings. The minimum Gasteiger partial charge on any atom is -0.484 e. The monoisotopic (exact) mass is 324 g/mol. The molecule has 7 nitrogen and oxygen atoms in total. The molecule has 1 heterocycles. The topological polar surface area (TPSA) is 90.1 Å². The van der Waals surface area contributed by atoms with Gasteiger partial charge in [0.1, 0.15) is 12.4 Å². The van der Waals surface area contributed by atoms with Crippen molar-refractivity contribution in [3.8, 4) is 5.75 Å². The number of hydrogen-bond donors (Lipinski definition) is 1. The standard InChI is InChI=1S/C14H17ClN4O3/c15-11-6-3-4-7-12(11)22-10-13-16-17-18-19(13)9-5-1-2-8-14(20)21/h3-4,6-7H,1-2,5,8-10H2,(H,20,21). The molecule has 0 amide bonds. The zero-order valence-electron chi connectivity index (χ0n) is 12.0. The van der Waals surface area contributed by atoms with Crippen LogP contribution in [0, 0.1) is 0 Å². The quantitative estimate of drug-likeness (QED) is 0.713. The Kier molecular flexibility index (Phi) is 6.14. The number of para-hydroxylation sites is 1. The Morgan fingerprint density at radius 1 is 1.27 bits per heavy atom. The lowest BCUT2D eigenvalue weighted by Gasteiger charge is -2.08. The number of ether oxygens (including phenoxy) is 1. The molecular formula is C14H17ClN4O3. The van der Waals surface area contributed by atoms with E-state index >= 15 is 0 Å². The molecule has 2 aromatic rings. The summed E-state index contributed by atoms with van der Waals surface area (Å²) in [7, 11) is 0. The highest BCUT2D eigenvalue weighted by Gasteiger charge is 2.08. The van der Waals surface area contributed by atoms with Crippen molar-refractivity contribution < 1.29 is 14.6 Å². The van der Waals surface area contributed by atoms with Crippen LogP contribution in [-0.2, 0) is 17.9 Å². The molecule has 2 rings (SSSR count). The Bertz CT molecular complexity index is 618. The zero-order valence-corrected chi connectivity index (χ0v) is 12.7. The van der Waals surface area contributed by atoms with E-state index in [4.69, 9.17) is 21.4 Å². The largest absolute Gasteiger partial charge is 0.484 e. The first-order valence-corrected chi connectivity index (χ1v) is 7.39. The molecule has 0 aliphatic carbocycles. The number of aryl methyl sites for hydroxylation is 1. The van der Waals surface area contributed by atoms with E-state index in [9.17, 15) is 4.79 Å². The molecule has 0 saturated carbocycles. The summed E-state index contributed by atoms with van der Waals surface area (Å²) in [6.07, 6.45) is 2.48. The molecule has 0 fully saturated rings. The summed E-state index contributed by atoms with van der Waals surface area (Å²) < 4.78 is 7.27. The number of unbranched alkanes of at least 4 members (excludes halogenated alkanes) is 2. The van der Waals surface area contributed by atoms with Gasteiger partial charge in [-0.15, -0.1) is 5.10 Å². The Balaban J connectivity index is 1.80. The number of nitrogens with zero attached hydrogens (tertiary/aromatic N) is 4. The van der Waals surface area contributed by atoms with Crippen LogP contribution in [0.2, 0.25) is 5.02 Å². The molecule has 1 aromatic carbocycles. The van der Waals surface area contributed by atoms with Crippen molar-refractivity contribution >= 4 is 17.6 Å². The Hall–Kier alpha value is -2.15. The second kappa shape index (κ2) is 8.33. The summed E-state index contributed by atoms with van der Waals surface area (Å²) in [5.41, 5.74) is 0. The molecule has 1 aromatic heterocycles. The SMILES string of the molecule is O=C(O)CCCCCn1nnnc1COc1ccccc1Cl. The van der Waals surface area contributed by atoms with Crippen molar-refractivity contribution in [2.45, 2.75) is 38.8 Å². The molecule has 0 bridgehead atoms. The normalized spacial score (nSPS) is 10.6. The van der Waals surface area contributed by atoms with Gasteiger partial charge in [0.2, 0.25) is 0 Å². The fourth-order valence-corrected chi connectivity index (χ4v) is 2.11. The number of carboxylic acids is 1. The first-order valence-electron chi connectivity index (χ1n) is 7.01. The molecule has 8 heteroatoms. The number of halogens is 1. The van der Waals surface area contributed by atoms with E-state index in [0.717, 1.165) is 12.8 Å². The van der Waals surface area contributed by atoms with Gasteiger partial charge in [-0.25, -0.2) is 4.68 Å². The minimum absolute atomic E-state index is 0.193. The number of aliphatic carboxylic acids is 1. The second-order valence-corrected chi connectivity index (χ2v) is 5.15. The molecule has 118 valence electrons. The van der Waals surface area contributed by atoms with Gasteiger partial charge in [0, 0.05) is 13.0 Å². The van der Waals surface area contributed by atoms with Crippen LogP contribution in [0.4, 0.5) is 0 Å². The number of carbonyl (C=O) groups is 1. The molecule has 22 heavy (non-hydrogen) atoms. The lowest BCUT2D eigenvalue weighted by molar-refractivity contribution is -0.137. The molecule has 0 unspecified atom stereocenters. The fraction of sp³-hybridized carbons (Fsp3) is 0.429. The smallest absolute Gasteiger partial charge is 0.303 e. The van der Waals surface area contributed by atoms with Crippen LogP contribution >= 0.6 is 11.6 Å². The van der Waals surface area contributed by atoms with E-state index in [1.807, 2.05) is 12.1 Å². The van der Waals surface area contributed by atoms with Crippen molar-refractivity contribution in [1.82, 2.24) is 20.2 Å². The summed E-state index contributed by atoms with van der Waals surface area (Å²) in [6, 6.07) is 7.20. The number of rotatable bonds is 9. The van der Waals surface area contributed by atoms with Crippen LogP contribution in [0.15, 0.2) is 24.3 Å². The third-order valence-electron chi connectivity index (χ3n) is 3.06. The summed E-state index contributed by atoms with van der Waals surface area (Å²) in [4.78, 5) is 10.4. The average Bonchev–Trinajstić information content (AvgIpc) is 2.93. The van der Waals surface area contributed by atoms with Crippen LogP contribution in [-0.4, -0.2) is 31.3 Å². The van der Waals surface area contributed by atoms with Crippen molar-refractivity contribution in [3.05, 3.63) is 35.1 Å². The predicted molar refractivity (Wildman–Crippen MR) is 79.7 cm³/mol. The Morgan fingerprint density at radius 3 is 2.86 bits per heavy atom. The fourth-order valence-electron chi connectivity index (χ4n) is 1.92. The van der Waals surface area contributed by atoms with E-state index < -0.39 is 5.97 Å². The van der Waals surface area contributed by atoms with Crippen molar-refractivity contribution in [2.24, 2.45) is 0 Å². The van der Waals surface area contributed by atoms with Gasteiger partial charge in [-0.05, 0) is 35.4 Å². The first kappa shape index (κ1) is 16.2. The van der Waals surface area contributed by atoms with Crippen molar-refractivity contribution in [2.75, 3.05) is 0 Å². The number of benzene rings is 1. The Labute approximate surface area is 132 Å². The highest BCUT2D eigenvalue weighted by molar-refractivity contribution is 6.32. The summed E-state index contributed by atoms with van der Waals surface area (Å²) >= 11 is 6.02. The maximum Gasteiger partial charge on any atom is 0.303 e. The third kappa shape index (κ3) is 5.00. The summed E-state index contributed by atoms with van der Waals surface area (Å²) in [5, 5.41) is 20.6.